The molecule has 0 fully saturated rings. The number of halogens is 1. The van der Waals surface area contributed by atoms with Gasteiger partial charge in [-0.1, -0.05) is 55.6 Å². The summed E-state index contributed by atoms with van der Waals surface area (Å²) < 4.78 is 1.17. The molecular weight excluding hydrogens is 330 g/mol. The third-order valence-electron chi connectivity index (χ3n) is 3.70. The van der Waals surface area contributed by atoms with E-state index >= 15 is 0 Å². The first kappa shape index (κ1) is 18.1. The Bertz CT molecular complexity index is 366. The van der Waals surface area contributed by atoms with Crippen LogP contribution >= 0.6 is 27.7 Å². The van der Waals surface area contributed by atoms with Crippen LogP contribution in [-0.2, 0) is 0 Å². The second-order valence-electron chi connectivity index (χ2n) is 5.34. The first-order valence-corrected chi connectivity index (χ1v) is 9.59. The van der Waals surface area contributed by atoms with Crippen LogP contribution in [-0.4, -0.2) is 18.3 Å². The molecule has 0 amide bonds. The molecule has 1 aromatic carbocycles. The minimum Gasteiger partial charge on any atom is -0.313 e. The van der Waals surface area contributed by atoms with Crippen LogP contribution in [0.4, 0.5) is 0 Å². The van der Waals surface area contributed by atoms with E-state index in [0.717, 1.165) is 18.2 Å². The fourth-order valence-electron chi connectivity index (χ4n) is 2.34. The van der Waals surface area contributed by atoms with E-state index < -0.39 is 0 Å². The highest BCUT2D eigenvalue weighted by atomic mass is 79.9. The monoisotopic (exact) mass is 357 g/mol. The predicted octanol–water partition coefficient (Wildman–Crippen LogP) is 5.74. The van der Waals surface area contributed by atoms with Gasteiger partial charge in [0.25, 0.3) is 0 Å². The van der Waals surface area contributed by atoms with Crippen molar-refractivity contribution in [3.63, 3.8) is 0 Å². The van der Waals surface area contributed by atoms with Crippen molar-refractivity contribution in [1.82, 2.24) is 5.32 Å². The van der Waals surface area contributed by atoms with E-state index in [9.17, 15) is 0 Å². The van der Waals surface area contributed by atoms with Crippen molar-refractivity contribution >= 4 is 27.7 Å². The molecule has 0 radical (unpaired) electrons. The summed E-state index contributed by atoms with van der Waals surface area (Å²) in [6, 6.07) is 9.23. The Morgan fingerprint density at radius 3 is 2.55 bits per heavy atom. The number of benzene rings is 1. The minimum atomic E-state index is 0.629. The summed E-state index contributed by atoms with van der Waals surface area (Å²) in [4.78, 5) is 1.35. The van der Waals surface area contributed by atoms with Crippen LogP contribution in [0.3, 0.4) is 0 Å². The van der Waals surface area contributed by atoms with E-state index in [2.05, 4.69) is 66.3 Å². The van der Waals surface area contributed by atoms with Crippen molar-refractivity contribution in [2.45, 2.75) is 57.4 Å². The predicted molar refractivity (Wildman–Crippen MR) is 95.6 cm³/mol. The van der Waals surface area contributed by atoms with Gasteiger partial charge in [0.05, 0.1) is 0 Å². The van der Waals surface area contributed by atoms with E-state index in [0.29, 0.717) is 6.04 Å². The standard InChI is InChI=1S/C17H28BrNS/c1-4-10-19-16(11-14(5-2)6-3)13-20-17-9-7-8-15(18)12-17/h7-9,12,14,16,19H,4-6,10-11,13H2,1-3H3. The molecule has 0 bridgehead atoms. The Balaban J connectivity index is 2.50. The Labute approximate surface area is 137 Å². The van der Waals surface area contributed by atoms with Gasteiger partial charge >= 0.3 is 0 Å². The lowest BCUT2D eigenvalue weighted by Gasteiger charge is -2.23. The molecule has 1 nitrogen and oxygen atoms in total. The second kappa shape index (κ2) is 10.7. The normalized spacial score (nSPS) is 12.8. The van der Waals surface area contributed by atoms with Crippen LogP contribution in [0.15, 0.2) is 33.6 Å². The summed E-state index contributed by atoms with van der Waals surface area (Å²) in [5.74, 6) is 2.01. The van der Waals surface area contributed by atoms with Crippen molar-refractivity contribution in [1.29, 1.82) is 0 Å². The lowest BCUT2D eigenvalue weighted by atomic mass is 9.95. The topological polar surface area (TPSA) is 12.0 Å². The molecule has 1 aromatic rings. The molecule has 0 heterocycles. The number of hydrogen-bond acceptors (Lipinski definition) is 2. The van der Waals surface area contributed by atoms with E-state index in [4.69, 9.17) is 0 Å². The fraction of sp³-hybridized carbons (Fsp3) is 0.647. The molecule has 0 aliphatic carbocycles. The number of nitrogens with one attached hydrogen (secondary N) is 1. The van der Waals surface area contributed by atoms with Crippen LogP contribution in [0.25, 0.3) is 0 Å². The SMILES string of the molecule is CCCNC(CSc1cccc(Br)c1)CC(CC)CC. The molecule has 0 saturated heterocycles. The molecular formula is C17H28BrNS. The summed E-state index contributed by atoms with van der Waals surface area (Å²) in [6.45, 7) is 7.99. The highest BCUT2D eigenvalue weighted by molar-refractivity contribution is 9.10. The zero-order chi connectivity index (χ0) is 14.8. The smallest absolute Gasteiger partial charge is 0.0186 e. The zero-order valence-corrected chi connectivity index (χ0v) is 15.4. The first-order valence-electron chi connectivity index (χ1n) is 7.81. The van der Waals surface area contributed by atoms with E-state index in [1.165, 1.54) is 35.1 Å². The molecule has 0 spiro atoms. The molecule has 0 saturated carbocycles. The number of hydrogen-bond donors (Lipinski definition) is 1. The first-order chi connectivity index (χ1) is 9.69. The quantitative estimate of drug-likeness (QED) is 0.536. The van der Waals surface area contributed by atoms with Gasteiger partial charge < -0.3 is 5.32 Å². The molecule has 3 heteroatoms. The van der Waals surface area contributed by atoms with E-state index in [1.54, 1.807) is 0 Å². The molecule has 0 aliphatic heterocycles. The van der Waals surface area contributed by atoms with Gasteiger partial charge in [-0.05, 0) is 43.5 Å². The highest BCUT2D eigenvalue weighted by Gasteiger charge is 2.14. The van der Waals surface area contributed by atoms with Gasteiger partial charge in [-0.15, -0.1) is 11.8 Å². The third kappa shape index (κ3) is 7.14. The van der Waals surface area contributed by atoms with Gasteiger partial charge in [-0.2, -0.15) is 0 Å². The minimum absolute atomic E-state index is 0.629. The van der Waals surface area contributed by atoms with Crippen LogP contribution in [0.1, 0.15) is 46.5 Å². The molecule has 114 valence electrons. The van der Waals surface area contributed by atoms with Crippen molar-refractivity contribution in [2.24, 2.45) is 5.92 Å². The molecule has 0 aliphatic rings. The summed E-state index contributed by atoms with van der Waals surface area (Å²) in [7, 11) is 0. The molecule has 20 heavy (non-hydrogen) atoms. The van der Waals surface area contributed by atoms with Crippen molar-refractivity contribution in [3.8, 4) is 0 Å². The Morgan fingerprint density at radius 1 is 1.20 bits per heavy atom. The summed E-state index contributed by atoms with van der Waals surface area (Å²) in [5, 5.41) is 3.72. The molecule has 1 atom stereocenters. The van der Waals surface area contributed by atoms with Crippen LogP contribution < -0.4 is 5.32 Å². The lowest BCUT2D eigenvalue weighted by Crippen LogP contribution is -2.33. The Hall–Kier alpha value is 0.01000. The van der Waals surface area contributed by atoms with Gasteiger partial charge in [0.2, 0.25) is 0 Å². The maximum atomic E-state index is 3.72. The van der Waals surface area contributed by atoms with Crippen LogP contribution in [0.2, 0.25) is 0 Å². The van der Waals surface area contributed by atoms with Gasteiger partial charge in [-0.25, -0.2) is 0 Å². The Morgan fingerprint density at radius 2 is 1.95 bits per heavy atom. The van der Waals surface area contributed by atoms with Gasteiger partial charge in [0.1, 0.15) is 0 Å². The third-order valence-corrected chi connectivity index (χ3v) is 5.35. The largest absolute Gasteiger partial charge is 0.313 e. The Kier molecular flexibility index (Phi) is 9.66. The summed E-state index contributed by atoms with van der Waals surface area (Å²) in [5.41, 5.74) is 0. The van der Waals surface area contributed by atoms with Crippen LogP contribution in [0.5, 0.6) is 0 Å². The summed E-state index contributed by atoms with van der Waals surface area (Å²) >= 11 is 5.51. The van der Waals surface area contributed by atoms with E-state index in [-0.39, 0.29) is 0 Å². The summed E-state index contributed by atoms with van der Waals surface area (Å²) in [6.07, 6.45) is 5.10. The van der Waals surface area contributed by atoms with Gasteiger partial charge in [0.15, 0.2) is 0 Å². The lowest BCUT2D eigenvalue weighted by molar-refractivity contribution is 0.384. The highest BCUT2D eigenvalue weighted by Crippen LogP contribution is 2.25. The van der Waals surface area contributed by atoms with Gasteiger partial charge in [-0.3, -0.25) is 0 Å². The molecule has 1 N–H and O–H groups in total. The average molecular weight is 358 g/mol. The average Bonchev–Trinajstić information content (AvgIpc) is 2.46. The maximum absolute atomic E-state index is 3.72. The maximum Gasteiger partial charge on any atom is 0.0186 e. The zero-order valence-electron chi connectivity index (χ0n) is 13.0. The second-order valence-corrected chi connectivity index (χ2v) is 7.35. The van der Waals surface area contributed by atoms with Crippen molar-refractivity contribution in [2.75, 3.05) is 12.3 Å². The number of rotatable bonds is 10. The number of thioether (sulfide) groups is 1. The van der Waals surface area contributed by atoms with Gasteiger partial charge in [0, 0.05) is 21.2 Å². The fourth-order valence-corrected chi connectivity index (χ4v) is 3.92. The van der Waals surface area contributed by atoms with Crippen molar-refractivity contribution in [3.05, 3.63) is 28.7 Å². The molecule has 0 aromatic heterocycles. The molecule has 1 rings (SSSR count). The van der Waals surface area contributed by atoms with Crippen LogP contribution in [0, 0.1) is 5.92 Å². The van der Waals surface area contributed by atoms with Crippen molar-refractivity contribution < 1.29 is 0 Å². The van der Waals surface area contributed by atoms with E-state index in [1.807, 2.05) is 11.8 Å². The molecule has 1 unspecified atom stereocenters.